The van der Waals surface area contributed by atoms with Crippen LogP contribution >= 0.6 is 11.6 Å². The van der Waals surface area contributed by atoms with Gasteiger partial charge in [-0.15, -0.1) is 0 Å². The highest BCUT2D eigenvalue weighted by atomic mass is 35.5. The highest BCUT2D eigenvalue weighted by Gasteiger charge is 2.34. The number of hydrogen-bond donors (Lipinski definition) is 1. The summed E-state index contributed by atoms with van der Waals surface area (Å²) in [6, 6.07) is 4.59. The summed E-state index contributed by atoms with van der Waals surface area (Å²) in [6.45, 7) is 5.20. The highest BCUT2D eigenvalue weighted by Crippen LogP contribution is 2.29. The van der Waals surface area contributed by atoms with Crippen LogP contribution in [-0.4, -0.2) is 43.2 Å². The van der Waals surface area contributed by atoms with E-state index in [4.69, 9.17) is 21.1 Å². The first-order chi connectivity index (χ1) is 11.4. The zero-order chi connectivity index (χ0) is 17.7. The van der Waals surface area contributed by atoms with Crippen LogP contribution in [0.4, 0.5) is 10.5 Å². The molecule has 6 nitrogen and oxygen atoms in total. The van der Waals surface area contributed by atoms with Gasteiger partial charge in [0.05, 0.1) is 18.7 Å². The Kier molecular flexibility index (Phi) is 6.31. The number of benzene rings is 1. The maximum Gasteiger partial charge on any atom is 0.410 e. The number of nitrogens with one attached hydrogen (secondary N) is 1. The van der Waals surface area contributed by atoms with Gasteiger partial charge >= 0.3 is 6.09 Å². The number of ether oxygens (including phenoxy) is 2. The van der Waals surface area contributed by atoms with Crippen LogP contribution in [0.15, 0.2) is 18.2 Å². The number of likely N-dealkylation sites (tertiary alicyclic amines) is 1. The Morgan fingerprint density at radius 3 is 2.79 bits per heavy atom. The molecule has 1 N–H and O–H groups in total. The summed E-state index contributed by atoms with van der Waals surface area (Å²) < 4.78 is 10.3. The second-order valence-electron chi connectivity index (χ2n) is 6.16. The number of halogens is 1. The van der Waals surface area contributed by atoms with Crippen LogP contribution in [0.2, 0.25) is 5.02 Å². The second kappa shape index (κ2) is 8.24. The molecular formula is C17H23ClN2O4. The van der Waals surface area contributed by atoms with E-state index in [0.717, 1.165) is 6.42 Å². The normalized spacial score (nSPS) is 17.0. The zero-order valence-corrected chi connectivity index (χ0v) is 14.9. The van der Waals surface area contributed by atoms with Crippen molar-refractivity contribution in [3.05, 3.63) is 23.2 Å². The van der Waals surface area contributed by atoms with Crippen LogP contribution in [0.25, 0.3) is 0 Å². The van der Waals surface area contributed by atoms with Crippen LogP contribution in [0.1, 0.15) is 26.7 Å². The van der Waals surface area contributed by atoms with Crippen LogP contribution in [0, 0.1) is 5.92 Å². The number of hydrogen-bond acceptors (Lipinski definition) is 4. The fraction of sp³-hybridized carbons (Fsp3) is 0.529. The predicted molar refractivity (Wildman–Crippen MR) is 92.5 cm³/mol. The summed E-state index contributed by atoms with van der Waals surface area (Å²) in [7, 11) is 1.31. The molecule has 2 amide bonds. The van der Waals surface area contributed by atoms with Gasteiger partial charge in [0.25, 0.3) is 0 Å². The molecule has 1 saturated heterocycles. The third kappa shape index (κ3) is 4.54. The number of anilines is 1. The first-order valence-corrected chi connectivity index (χ1v) is 8.38. The van der Waals surface area contributed by atoms with E-state index < -0.39 is 12.1 Å². The monoisotopic (exact) mass is 354 g/mol. The topological polar surface area (TPSA) is 67.9 Å². The van der Waals surface area contributed by atoms with E-state index in [1.807, 2.05) is 0 Å². The van der Waals surface area contributed by atoms with Crippen LogP contribution < -0.4 is 10.1 Å². The molecule has 0 saturated carbocycles. The number of carbonyl (C=O) groups is 2. The van der Waals surface area contributed by atoms with Crippen molar-refractivity contribution in [2.45, 2.75) is 32.7 Å². The number of methoxy groups -OCH3 is 1. The van der Waals surface area contributed by atoms with Crippen LogP contribution in [0.3, 0.4) is 0 Å². The van der Waals surface area contributed by atoms with Crippen molar-refractivity contribution in [1.82, 2.24) is 4.90 Å². The molecule has 2 rings (SSSR count). The molecule has 24 heavy (non-hydrogen) atoms. The van der Waals surface area contributed by atoms with E-state index in [2.05, 4.69) is 19.2 Å². The average Bonchev–Trinajstić information content (AvgIpc) is 3.03. The van der Waals surface area contributed by atoms with E-state index in [0.29, 0.717) is 41.9 Å². The van der Waals surface area contributed by atoms with Crippen molar-refractivity contribution < 1.29 is 19.1 Å². The first kappa shape index (κ1) is 18.4. The van der Waals surface area contributed by atoms with Gasteiger partial charge in [-0.05, 0) is 37.0 Å². The van der Waals surface area contributed by atoms with Crippen LogP contribution in [-0.2, 0) is 9.53 Å². The Bertz CT molecular complexity index is 606. The molecule has 0 aliphatic carbocycles. The minimum Gasteiger partial charge on any atom is -0.492 e. The summed E-state index contributed by atoms with van der Waals surface area (Å²) in [6.07, 6.45) is 0.906. The fourth-order valence-electron chi connectivity index (χ4n) is 2.55. The molecule has 0 bridgehead atoms. The molecular weight excluding hydrogens is 332 g/mol. The lowest BCUT2D eigenvalue weighted by Gasteiger charge is -2.22. The highest BCUT2D eigenvalue weighted by molar-refractivity contribution is 6.32. The summed E-state index contributed by atoms with van der Waals surface area (Å²) in [4.78, 5) is 25.6. The van der Waals surface area contributed by atoms with Gasteiger partial charge in [0.15, 0.2) is 0 Å². The Morgan fingerprint density at radius 2 is 2.17 bits per heavy atom. The largest absolute Gasteiger partial charge is 0.492 e. The molecule has 0 radical (unpaired) electrons. The number of amides is 2. The van der Waals surface area contributed by atoms with Gasteiger partial charge < -0.3 is 14.8 Å². The summed E-state index contributed by atoms with van der Waals surface area (Å²) in [5, 5.41) is 3.23. The zero-order valence-electron chi connectivity index (χ0n) is 14.2. The molecule has 1 aliphatic rings. The lowest BCUT2D eigenvalue weighted by atomic mass is 10.2. The van der Waals surface area contributed by atoms with Gasteiger partial charge in [0.1, 0.15) is 11.8 Å². The minimum absolute atomic E-state index is 0.246. The number of rotatable bonds is 5. The summed E-state index contributed by atoms with van der Waals surface area (Å²) in [5.41, 5.74) is 0.568. The molecule has 132 valence electrons. The summed E-state index contributed by atoms with van der Waals surface area (Å²) in [5.74, 6) is 0.734. The molecule has 1 unspecified atom stereocenters. The quantitative estimate of drug-likeness (QED) is 0.878. The van der Waals surface area contributed by atoms with Crippen molar-refractivity contribution >= 4 is 29.3 Å². The van der Waals surface area contributed by atoms with Gasteiger partial charge in [-0.1, -0.05) is 25.4 Å². The third-order valence-electron chi connectivity index (χ3n) is 3.74. The molecule has 0 aromatic heterocycles. The van der Waals surface area contributed by atoms with Gasteiger partial charge in [0, 0.05) is 12.2 Å². The molecule has 1 aliphatic heterocycles. The molecule has 1 fully saturated rings. The Labute approximate surface area is 147 Å². The lowest BCUT2D eigenvalue weighted by Crippen LogP contribution is -2.43. The SMILES string of the molecule is COC(=O)N1CCCC1C(=O)Nc1ccc(OCC(C)C)c(Cl)c1. The smallest absolute Gasteiger partial charge is 0.410 e. The molecule has 1 aromatic carbocycles. The van der Waals surface area contributed by atoms with Crippen molar-refractivity contribution in [3.8, 4) is 5.75 Å². The molecule has 1 atom stereocenters. The van der Waals surface area contributed by atoms with Gasteiger partial charge in [0.2, 0.25) is 5.91 Å². The van der Waals surface area contributed by atoms with E-state index in [9.17, 15) is 9.59 Å². The maximum atomic E-state index is 12.4. The van der Waals surface area contributed by atoms with Gasteiger partial charge in [-0.2, -0.15) is 0 Å². The number of carbonyl (C=O) groups excluding carboxylic acids is 2. The van der Waals surface area contributed by atoms with Crippen LogP contribution in [0.5, 0.6) is 5.75 Å². The number of nitrogens with zero attached hydrogens (tertiary/aromatic N) is 1. The molecule has 1 heterocycles. The summed E-state index contributed by atoms with van der Waals surface area (Å²) >= 11 is 6.20. The van der Waals surface area contributed by atoms with E-state index in [1.165, 1.54) is 12.0 Å². The standard InChI is InChI=1S/C17H23ClN2O4/c1-11(2)10-24-15-7-6-12(9-13(15)18)19-16(21)14-5-4-8-20(14)17(22)23-3/h6-7,9,11,14H,4-5,8,10H2,1-3H3,(H,19,21). The first-order valence-electron chi connectivity index (χ1n) is 8.00. The van der Waals surface area contributed by atoms with Crippen molar-refractivity contribution in [2.75, 3.05) is 25.6 Å². The minimum atomic E-state index is -0.520. The molecule has 7 heteroatoms. The van der Waals surface area contributed by atoms with E-state index >= 15 is 0 Å². The lowest BCUT2D eigenvalue weighted by molar-refractivity contribution is -0.119. The Morgan fingerprint density at radius 1 is 1.42 bits per heavy atom. The van der Waals surface area contributed by atoms with Crippen molar-refractivity contribution in [3.63, 3.8) is 0 Å². The molecule has 1 aromatic rings. The van der Waals surface area contributed by atoms with E-state index in [1.54, 1.807) is 18.2 Å². The van der Waals surface area contributed by atoms with Crippen molar-refractivity contribution in [1.29, 1.82) is 0 Å². The second-order valence-corrected chi connectivity index (χ2v) is 6.57. The Hall–Kier alpha value is -1.95. The maximum absolute atomic E-state index is 12.4. The Balaban J connectivity index is 2.01. The predicted octanol–water partition coefficient (Wildman–Crippen LogP) is 3.54. The third-order valence-corrected chi connectivity index (χ3v) is 4.03. The fourth-order valence-corrected chi connectivity index (χ4v) is 2.79. The average molecular weight is 355 g/mol. The van der Waals surface area contributed by atoms with Gasteiger partial charge in [-0.3, -0.25) is 9.69 Å². The van der Waals surface area contributed by atoms with Gasteiger partial charge in [-0.25, -0.2) is 4.79 Å². The van der Waals surface area contributed by atoms with Crippen molar-refractivity contribution in [2.24, 2.45) is 5.92 Å². The van der Waals surface area contributed by atoms with E-state index in [-0.39, 0.29) is 5.91 Å². The molecule has 0 spiro atoms.